The summed E-state index contributed by atoms with van der Waals surface area (Å²) in [5.41, 5.74) is 0. The van der Waals surface area contributed by atoms with Gasteiger partial charge in [0.05, 0.1) is 0 Å². The van der Waals surface area contributed by atoms with Crippen LogP contribution in [0.4, 0.5) is 0 Å². The van der Waals surface area contributed by atoms with Crippen LogP contribution in [0, 0.1) is 0 Å². The number of carbonyl (C=O) groups is 1. The van der Waals surface area contributed by atoms with E-state index in [0.717, 1.165) is 19.5 Å². The Labute approximate surface area is 102 Å². The number of nitrogens with zero attached hydrogens (tertiary/aromatic N) is 3. The largest absolute Gasteiger partial charge is 0.350 e. The van der Waals surface area contributed by atoms with Crippen LogP contribution in [0.3, 0.4) is 0 Å². The summed E-state index contributed by atoms with van der Waals surface area (Å²) in [6.45, 7) is 1.53. The lowest BCUT2D eigenvalue weighted by atomic mass is 10.2. The average Bonchev–Trinajstić information content (AvgIpc) is 2.84. The molecular formula is C10H14BrN3O2. The maximum absolute atomic E-state index is 12.0. The van der Waals surface area contributed by atoms with Crippen molar-refractivity contribution in [2.24, 2.45) is 0 Å². The van der Waals surface area contributed by atoms with E-state index in [0.29, 0.717) is 16.4 Å². The third-order valence-electron chi connectivity index (χ3n) is 2.87. The van der Waals surface area contributed by atoms with Gasteiger partial charge in [0.1, 0.15) is 4.60 Å². The van der Waals surface area contributed by atoms with Gasteiger partial charge in [0.15, 0.2) is 0 Å². The molecule has 0 bridgehead atoms. The molecule has 1 aliphatic heterocycles. The molecule has 0 spiro atoms. The molecule has 2 heterocycles. The molecule has 1 atom stereocenters. The Bertz CT molecular complexity index is 391. The van der Waals surface area contributed by atoms with Gasteiger partial charge in [0.2, 0.25) is 5.76 Å². The van der Waals surface area contributed by atoms with E-state index in [-0.39, 0.29) is 5.91 Å². The zero-order valence-electron chi connectivity index (χ0n) is 9.31. The quantitative estimate of drug-likeness (QED) is 0.821. The Morgan fingerprint density at radius 1 is 1.69 bits per heavy atom. The summed E-state index contributed by atoms with van der Waals surface area (Å²) in [4.78, 5) is 15.9. The molecule has 0 unspecified atom stereocenters. The summed E-state index contributed by atoms with van der Waals surface area (Å²) in [5.74, 6) is 0.217. The fourth-order valence-electron chi connectivity index (χ4n) is 1.86. The predicted octanol–water partition coefficient (Wildman–Crippen LogP) is 1.21. The highest BCUT2D eigenvalue weighted by atomic mass is 79.9. The highest BCUT2D eigenvalue weighted by molar-refractivity contribution is 9.10. The van der Waals surface area contributed by atoms with Crippen LogP contribution in [0.2, 0.25) is 0 Å². The summed E-state index contributed by atoms with van der Waals surface area (Å²) < 4.78 is 5.49. The molecule has 6 heteroatoms. The van der Waals surface area contributed by atoms with Gasteiger partial charge in [-0.15, -0.1) is 0 Å². The average molecular weight is 288 g/mol. The Hall–Kier alpha value is -0.880. The molecule has 1 fully saturated rings. The van der Waals surface area contributed by atoms with Gasteiger partial charge in [-0.25, -0.2) is 0 Å². The van der Waals surface area contributed by atoms with Gasteiger partial charge in [-0.3, -0.25) is 4.79 Å². The first-order valence-corrected chi connectivity index (χ1v) is 5.95. The third-order valence-corrected chi connectivity index (χ3v) is 3.25. The minimum Gasteiger partial charge on any atom is -0.350 e. The van der Waals surface area contributed by atoms with Crippen molar-refractivity contribution in [2.45, 2.75) is 12.5 Å². The molecule has 0 saturated carbocycles. The van der Waals surface area contributed by atoms with Crippen LogP contribution in [0.25, 0.3) is 0 Å². The predicted molar refractivity (Wildman–Crippen MR) is 62.2 cm³/mol. The maximum atomic E-state index is 12.0. The molecule has 16 heavy (non-hydrogen) atoms. The topological polar surface area (TPSA) is 49.6 Å². The number of likely N-dealkylation sites (N-methyl/N-ethyl adjacent to an activating group) is 1. The fourth-order valence-corrected chi connectivity index (χ4v) is 2.14. The van der Waals surface area contributed by atoms with Crippen molar-refractivity contribution in [1.82, 2.24) is 15.0 Å². The molecule has 1 aromatic rings. The van der Waals surface area contributed by atoms with Crippen molar-refractivity contribution < 1.29 is 9.32 Å². The Morgan fingerprint density at radius 3 is 2.94 bits per heavy atom. The minimum atomic E-state index is -0.0810. The van der Waals surface area contributed by atoms with Crippen molar-refractivity contribution in [3.05, 3.63) is 16.4 Å². The van der Waals surface area contributed by atoms with Crippen LogP contribution in [0.5, 0.6) is 0 Å². The highest BCUT2D eigenvalue weighted by Crippen LogP contribution is 2.18. The lowest BCUT2D eigenvalue weighted by Gasteiger charge is -2.19. The molecule has 0 radical (unpaired) electrons. The van der Waals surface area contributed by atoms with Crippen LogP contribution in [0.1, 0.15) is 17.0 Å². The third kappa shape index (κ3) is 2.27. The molecule has 2 rings (SSSR count). The molecular weight excluding hydrogens is 274 g/mol. The number of hydrogen-bond donors (Lipinski definition) is 0. The van der Waals surface area contributed by atoms with Crippen LogP contribution in [-0.4, -0.2) is 54.1 Å². The monoisotopic (exact) mass is 287 g/mol. The molecule has 0 aliphatic carbocycles. The standard InChI is InChI=1S/C10H14BrN3O2/c1-13(2)7-3-4-14(6-7)10(15)8-5-9(11)12-16-8/h5,7H,3-4,6H2,1-2H3/t7-/m0/s1. The first-order valence-electron chi connectivity index (χ1n) is 5.16. The molecule has 0 N–H and O–H groups in total. The zero-order valence-corrected chi connectivity index (χ0v) is 10.9. The fraction of sp³-hybridized carbons (Fsp3) is 0.600. The van der Waals surface area contributed by atoms with Crippen molar-refractivity contribution in [2.75, 3.05) is 27.2 Å². The second-order valence-corrected chi connectivity index (χ2v) is 4.98. The van der Waals surface area contributed by atoms with E-state index in [9.17, 15) is 4.79 Å². The highest BCUT2D eigenvalue weighted by Gasteiger charge is 2.29. The number of amides is 1. The van der Waals surface area contributed by atoms with Gasteiger partial charge in [0.25, 0.3) is 5.91 Å². The van der Waals surface area contributed by atoms with E-state index < -0.39 is 0 Å². The molecule has 1 aromatic heterocycles. The van der Waals surface area contributed by atoms with E-state index in [1.165, 1.54) is 0 Å². The lowest BCUT2D eigenvalue weighted by Crippen LogP contribution is -2.34. The van der Waals surface area contributed by atoms with Crippen LogP contribution in [-0.2, 0) is 0 Å². The molecule has 1 aliphatic rings. The van der Waals surface area contributed by atoms with Gasteiger partial charge >= 0.3 is 0 Å². The van der Waals surface area contributed by atoms with Gasteiger partial charge in [0, 0.05) is 25.2 Å². The van der Waals surface area contributed by atoms with E-state index in [1.54, 1.807) is 11.0 Å². The normalized spacial score (nSPS) is 20.8. The van der Waals surface area contributed by atoms with E-state index >= 15 is 0 Å². The number of rotatable bonds is 2. The van der Waals surface area contributed by atoms with Gasteiger partial charge in [-0.1, -0.05) is 5.16 Å². The van der Waals surface area contributed by atoms with Gasteiger partial charge < -0.3 is 14.3 Å². The van der Waals surface area contributed by atoms with Crippen LogP contribution in [0.15, 0.2) is 15.2 Å². The molecule has 1 saturated heterocycles. The van der Waals surface area contributed by atoms with Gasteiger partial charge in [-0.05, 0) is 36.4 Å². The van der Waals surface area contributed by atoms with Crippen molar-refractivity contribution in [3.63, 3.8) is 0 Å². The zero-order chi connectivity index (χ0) is 11.7. The first-order chi connectivity index (χ1) is 7.58. The van der Waals surface area contributed by atoms with E-state index in [2.05, 4.69) is 26.0 Å². The minimum absolute atomic E-state index is 0.0810. The molecule has 1 amide bonds. The lowest BCUT2D eigenvalue weighted by molar-refractivity contribution is 0.0741. The van der Waals surface area contributed by atoms with Crippen LogP contribution >= 0.6 is 15.9 Å². The van der Waals surface area contributed by atoms with Crippen molar-refractivity contribution in [1.29, 1.82) is 0 Å². The Morgan fingerprint density at radius 2 is 2.44 bits per heavy atom. The first kappa shape index (κ1) is 11.6. The number of aromatic nitrogens is 1. The SMILES string of the molecule is CN(C)[C@H]1CCN(C(=O)c2cc(Br)no2)C1. The second kappa shape index (κ2) is 4.55. The van der Waals surface area contributed by atoms with Crippen molar-refractivity contribution in [3.8, 4) is 0 Å². The number of halogens is 1. The molecule has 88 valence electrons. The second-order valence-electron chi connectivity index (χ2n) is 4.17. The summed E-state index contributed by atoms with van der Waals surface area (Å²) in [7, 11) is 4.06. The maximum Gasteiger partial charge on any atom is 0.292 e. The summed E-state index contributed by atoms with van der Waals surface area (Å²) in [6, 6.07) is 2.04. The molecule has 5 nitrogen and oxygen atoms in total. The van der Waals surface area contributed by atoms with Crippen molar-refractivity contribution >= 4 is 21.8 Å². The number of hydrogen-bond acceptors (Lipinski definition) is 4. The molecule has 0 aromatic carbocycles. The number of likely N-dealkylation sites (tertiary alicyclic amines) is 1. The van der Waals surface area contributed by atoms with E-state index in [1.807, 2.05) is 14.1 Å². The Balaban J connectivity index is 2.02. The smallest absolute Gasteiger partial charge is 0.292 e. The summed E-state index contributed by atoms with van der Waals surface area (Å²) in [5, 5.41) is 3.65. The summed E-state index contributed by atoms with van der Waals surface area (Å²) in [6.07, 6.45) is 1.01. The number of carbonyl (C=O) groups excluding carboxylic acids is 1. The van der Waals surface area contributed by atoms with Crippen LogP contribution < -0.4 is 0 Å². The summed E-state index contributed by atoms with van der Waals surface area (Å²) >= 11 is 3.16. The Kier molecular flexibility index (Phi) is 3.30. The van der Waals surface area contributed by atoms with Gasteiger partial charge in [-0.2, -0.15) is 0 Å². The van der Waals surface area contributed by atoms with E-state index in [4.69, 9.17) is 4.52 Å².